The first-order chi connectivity index (χ1) is 15.0. The summed E-state index contributed by atoms with van der Waals surface area (Å²) in [7, 11) is 1.55. The van der Waals surface area contributed by atoms with E-state index in [9.17, 15) is 14.4 Å². The number of ether oxygens (including phenoxy) is 1. The first kappa shape index (κ1) is 19.7. The van der Waals surface area contributed by atoms with Gasteiger partial charge in [-0.25, -0.2) is 4.90 Å². The summed E-state index contributed by atoms with van der Waals surface area (Å²) >= 11 is 3.37. The zero-order valence-corrected chi connectivity index (χ0v) is 18.1. The number of anilines is 1. The number of hydrazone groups is 1. The molecule has 7 nitrogen and oxygen atoms in total. The van der Waals surface area contributed by atoms with E-state index in [0.29, 0.717) is 17.0 Å². The van der Waals surface area contributed by atoms with E-state index in [2.05, 4.69) is 21.0 Å². The fourth-order valence-electron chi connectivity index (χ4n) is 4.61. The van der Waals surface area contributed by atoms with E-state index in [0.717, 1.165) is 4.47 Å². The molecule has 1 unspecified atom stereocenters. The Morgan fingerprint density at radius 2 is 1.68 bits per heavy atom. The van der Waals surface area contributed by atoms with E-state index in [4.69, 9.17) is 4.74 Å². The van der Waals surface area contributed by atoms with Crippen LogP contribution < -0.4 is 9.64 Å². The van der Waals surface area contributed by atoms with Crippen molar-refractivity contribution in [2.24, 2.45) is 16.9 Å². The molecule has 31 heavy (non-hydrogen) atoms. The molecule has 0 saturated carbocycles. The molecule has 5 rings (SSSR count). The Labute approximate surface area is 187 Å². The predicted octanol–water partition coefficient (Wildman–Crippen LogP) is 3.05. The molecule has 0 radical (unpaired) electrons. The maximum atomic E-state index is 13.5. The number of rotatable bonds is 4. The van der Waals surface area contributed by atoms with E-state index in [-0.39, 0.29) is 17.6 Å². The van der Waals surface area contributed by atoms with E-state index in [1.54, 1.807) is 72.9 Å². The van der Waals surface area contributed by atoms with Crippen LogP contribution in [0.2, 0.25) is 0 Å². The van der Waals surface area contributed by atoms with Gasteiger partial charge in [-0.1, -0.05) is 22.0 Å². The maximum Gasteiger partial charge on any atom is 0.240 e. The Bertz CT molecular complexity index is 1130. The lowest BCUT2D eigenvalue weighted by Gasteiger charge is -2.30. The van der Waals surface area contributed by atoms with Crippen molar-refractivity contribution in [1.29, 1.82) is 0 Å². The largest absolute Gasteiger partial charge is 0.497 e. The Morgan fingerprint density at radius 3 is 2.35 bits per heavy atom. The van der Waals surface area contributed by atoms with E-state index < -0.39 is 23.9 Å². The molecule has 2 fully saturated rings. The SMILES string of the molecule is COc1ccc(C(=O)[C@@H]2[C@@H]3C(=O)N(c4ccc(Br)cc4)C(=O)[C@@H]3C3C=CC=NN32)cc1. The fourth-order valence-corrected chi connectivity index (χ4v) is 4.87. The number of Topliss-reactive ketones (excluding diaryl/α,β-unsaturated/α-hetero) is 1. The van der Waals surface area contributed by atoms with Crippen molar-refractivity contribution < 1.29 is 19.1 Å². The number of hydrogen-bond acceptors (Lipinski definition) is 6. The molecule has 0 bridgehead atoms. The zero-order valence-electron chi connectivity index (χ0n) is 16.5. The quantitative estimate of drug-likeness (QED) is 0.497. The van der Waals surface area contributed by atoms with Gasteiger partial charge in [-0.2, -0.15) is 5.10 Å². The number of benzene rings is 2. The molecule has 3 aliphatic rings. The standard InChI is InChI=1S/C23H18BrN3O4/c1-31-16-10-4-13(5-11-16)21(28)20-19-18(17-3-2-12-25-27(17)20)22(29)26(23(19)30)15-8-6-14(24)7-9-15/h2-12,17-20H,1H3/t17?,18-,19-,20+/m1/s1. The molecule has 2 aromatic rings. The van der Waals surface area contributed by atoms with Gasteiger partial charge in [0.2, 0.25) is 11.8 Å². The molecule has 0 N–H and O–H groups in total. The summed E-state index contributed by atoms with van der Waals surface area (Å²) in [6.07, 6.45) is 5.16. The van der Waals surface area contributed by atoms with Gasteiger partial charge in [0.25, 0.3) is 0 Å². The van der Waals surface area contributed by atoms with Gasteiger partial charge < -0.3 is 4.74 Å². The average Bonchev–Trinajstić information content (AvgIpc) is 3.27. The van der Waals surface area contributed by atoms with Crippen LogP contribution in [-0.4, -0.2) is 48.0 Å². The first-order valence-corrected chi connectivity index (χ1v) is 10.6. The molecule has 2 amide bonds. The van der Waals surface area contributed by atoms with Gasteiger partial charge in [-0.15, -0.1) is 0 Å². The molecular formula is C23H18BrN3O4. The number of halogens is 1. The second kappa shape index (κ2) is 7.46. The van der Waals surface area contributed by atoms with Crippen LogP contribution in [-0.2, 0) is 9.59 Å². The maximum absolute atomic E-state index is 13.5. The van der Waals surface area contributed by atoms with Crippen LogP contribution in [0.5, 0.6) is 5.75 Å². The lowest BCUT2D eigenvalue weighted by molar-refractivity contribution is -0.123. The molecule has 2 aromatic carbocycles. The normalized spacial score (nSPS) is 26.3. The summed E-state index contributed by atoms with van der Waals surface area (Å²) < 4.78 is 6.02. The minimum absolute atomic E-state index is 0.244. The van der Waals surface area contributed by atoms with Crippen molar-refractivity contribution in [2.45, 2.75) is 12.1 Å². The minimum Gasteiger partial charge on any atom is -0.497 e. The average molecular weight is 480 g/mol. The van der Waals surface area contributed by atoms with Crippen LogP contribution >= 0.6 is 15.9 Å². The number of carbonyl (C=O) groups excluding carboxylic acids is 3. The van der Waals surface area contributed by atoms with Gasteiger partial charge in [-0.05, 0) is 54.6 Å². The molecule has 0 spiro atoms. The topological polar surface area (TPSA) is 79.3 Å². The highest BCUT2D eigenvalue weighted by atomic mass is 79.9. The lowest BCUT2D eigenvalue weighted by Crippen LogP contribution is -2.46. The Morgan fingerprint density at radius 1 is 1.00 bits per heavy atom. The van der Waals surface area contributed by atoms with E-state index >= 15 is 0 Å². The summed E-state index contributed by atoms with van der Waals surface area (Å²) in [4.78, 5) is 41.6. The van der Waals surface area contributed by atoms with Crippen LogP contribution in [0.25, 0.3) is 0 Å². The van der Waals surface area contributed by atoms with Gasteiger partial charge in [0, 0.05) is 16.3 Å². The van der Waals surface area contributed by atoms with E-state index in [1.807, 2.05) is 6.08 Å². The number of imide groups is 1. The number of allylic oxidation sites excluding steroid dienone is 1. The van der Waals surface area contributed by atoms with E-state index in [1.165, 1.54) is 4.90 Å². The van der Waals surface area contributed by atoms with Crippen LogP contribution in [0.4, 0.5) is 5.69 Å². The Balaban J connectivity index is 1.55. The second-order valence-corrected chi connectivity index (χ2v) is 8.51. The monoisotopic (exact) mass is 479 g/mol. The molecule has 0 aromatic heterocycles. The number of amides is 2. The molecule has 156 valence electrons. The van der Waals surface area contributed by atoms with Crippen LogP contribution in [0.15, 0.2) is 70.3 Å². The minimum atomic E-state index is -0.860. The second-order valence-electron chi connectivity index (χ2n) is 7.60. The van der Waals surface area contributed by atoms with Gasteiger partial charge in [0.1, 0.15) is 11.8 Å². The number of nitrogens with zero attached hydrogens (tertiary/aromatic N) is 3. The smallest absolute Gasteiger partial charge is 0.240 e. The molecule has 2 saturated heterocycles. The fraction of sp³-hybridized carbons (Fsp3) is 0.217. The number of methoxy groups -OCH3 is 1. The van der Waals surface area contributed by atoms with Crippen molar-refractivity contribution in [1.82, 2.24) is 5.01 Å². The Hall–Kier alpha value is -3.26. The number of fused-ring (bicyclic) bond motifs is 3. The summed E-state index contributed by atoms with van der Waals surface area (Å²) in [5.74, 6) is -1.77. The van der Waals surface area contributed by atoms with Crippen molar-refractivity contribution in [3.05, 3.63) is 70.7 Å². The van der Waals surface area contributed by atoms with Crippen molar-refractivity contribution in [2.75, 3.05) is 12.0 Å². The third kappa shape index (κ3) is 3.01. The number of ketones is 1. The molecular weight excluding hydrogens is 462 g/mol. The van der Waals surface area contributed by atoms with Crippen molar-refractivity contribution in [3.63, 3.8) is 0 Å². The highest BCUT2D eigenvalue weighted by Crippen LogP contribution is 2.46. The van der Waals surface area contributed by atoms with Gasteiger partial charge in [0.05, 0.1) is 30.7 Å². The third-order valence-corrected chi connectivity index (χ3v) is 6.55. The summed E-state index contributed by atoms with van der Waals surface area (Å²) in [5.41, 5.74) is 0.940. The predicted molar refractivity (Wildman–Crippen MR) is 118 cm³/mol. The molecule has 3 heterocycles. The van der Waals surface area contributed by atoms with Crippen LogP contribution in [0, 0.1) is 11.8 Å². The van der Waals surface area contributed by atoms with Crippen molar-refractivity contribution in [3.8, 4) is 5.75 Å². The lowest BCUT2D eigenvalue weighted by atomic mass is 9.86. The molecule has 8 heteroatoms. The number of carbonyl (C=O) groups is 3. The Kier molecular flexibility index (Phi) is 4.74. The highest BCUT2D eigenvalue weighted by molar-refractivity contribution is 9.10. The van der Waals surface area contributed by atoms with Gasteiger partial charge >= 0.3 is 0 Å². The molecule has 4 atom stereocenters. The number of hydrogen-bond donors (Lipinski definition) is 0. The highest BCUT2D eigenvalue weighted by Gasteiger charge is 2.64. The third-order valence-electron chi connectivity index (χ3n) is 6.02. The van der Waals surface area contributed by atoms with Crippen molar-refractivity contribution >= 4 is 45.4 Å². The van der Waals surface area contributed by atoms with Crippen LogP contribution in [0.1, 0.15) is 10.4 Å². The van der Waals surface area contributed by atoms with Crippen LogP contribution in [0.3, 0.4) is 0 Å². The zero-order chi connectivity index (χ0) is 21.7. The van der Waals surface area contributed by atoms with Gasteiger partial charge in [0.15, 0.2) is 5.78 Å². The van der Waals surface area contributed by atoms with Gasteiger partial charge in [-0.3, -0.25) is 19.4 Å². The first-order valence-electron chi connectivity index (χ1n) is 9.82. The summed E-state index contributed by atoms with van der Waals surface area (Å²) in [5, 5.41) is 5.97. The summed E-state index contributed by atoms with van der Waals surface area (Å²) in [6.45, 7) is 0. The molecule has 3 aliphatic heterocycles. The summed E-state index contributed by atoms with van der Waals surface area (Å²) in [6, 6.07) is 12.4. The molecule has 0 aliphatic carbocycles.